The molecule has 1 aliphatic carbocycles. The van der Waals surface area contributed by atoms with Gasteiger partial charge in [0.25, 0.3) is 0 Å². The average Bonchev–Trinajstić information content (AvgIpc) is 2.82. The first-order chi connectivity index (χ1) is 7.68. The van der Waals surface area contributed by atoms with Gasteiger partial charge in [-0.15, -0.1) is 0 Å². The summed E-state index contributed by atoms with van der Waals surface area (Å²) >= 11 is 1.92. The van der Waals surface area contributed by atoms with Crippen LogP contribution in [0.25, 0.3) is 0 Å². The van der Waals surface area contributed by atoms with Crippen LogP contribution >= 0.6 is 11.8 Å². The fourth-order valence-electron chi connectivity index (χ4n) is 2.22. The molecule has 0 spiro atoms. The summed E-state index contributed by atoms with van der Waals surface area (Å²) in [5, 5.41) is 4.51. The van der Waals surface area contributed by atoms with Gasteiger partial charge in [0.15, 0.2) is 5.82 Å². The van der Waals surface area contributed by atoms with Gasteiger partial charge in [0.05, 0.1) is 10.8 Å². The standard InChI is InChI=1S/C11H17N3OS/c1-11(12,7-4-5-7)10-13-9(14-15-10)8-3-2-6-16-8/h7-8H,2-6,12H2,1H3. The first-order valence-corrected chi connectivity index (χ1v) is 6.97. The first-order valence-electron chi connectivity index (χ1n) is 5.92. The van der Waals surface area contributed by atoms with Gasteiger partial charge in [-0.2, -0.15) is 16.7 Å². The molecule has 1 aromatic rings. The van der Waals surface area contributed by atoms with Crippen molar-refractivity contribution in [1.29, 1.82) is 0 Å². The molecule has 0 aromatic carbocycles. The smallest absolute Gasteiger partial charge is 0.246 e. The van der Waals surface area contributed by atoms with E-state index in [1.165, 1.54) is 25.0 Å². The van der Waals surface area contributed by atoms with Crippen molar-refractivity contribution < 1.29 is 4.52 Å². The number of hydrogen-bond donors (Lipinski definition) is 1. The molecule has 2 unspecified atom stereocenters. The van der Waals surface area contributed by atoms with E-state index in [1.54, 1.807) is 0 Å². The number of nitrogens with zero attached hydrogens (tertiary/aromatic N) is 2. The van der Waals surface area contributed by atoms with Crippen LogP contribution in [0.15, 0.2) is 4.52 Å². The van der Waals surface area contributed by atoms with Crippen LogP contribution in [0.1, 0.15) is 49.6 Å². The highest BCUT2D eigenvalue weighted by Crippen LogP contribution is 2.44. The van der Waals surface area contributed by atoms with E-state index in [2.05, 4.69) is 10.1 Å². The molecule has 0 bridgehead atoms. The van der Waals surface area contributed by atoms with Gasteiger partial charge < -0.3 is 10.3 Å². The van der Waals surface area contributed by atoms with Crippen molar-refractivity contribution in [3.05, 3.63) is 11.7 Å². The third-order valence-electron chi connectivity index (χ3n) is 3.55. The van der Waals surface area contributed by atoms with Gasteiger partial charge in [-0.1, -0.05) is 5.16 Å². The lowest BCUT2D eigenvalue weighted by Crippen LogP contribution is -2.35. The predicted molar refractivity (Wildman–Crippen MR) is 63.0 cm³/mol. The molecule has 5 heteroatoms. The lowest BCUT2D eigenvalue weighted by molar-refractivity contribution is 0.272. The first kappa shape index (κ1) is 10.6. The number of nitrogens with two attached hydrogens (primary N) is 1. The molecule has 1 aliphatic heterocycles. The van der Waals surface area contributed by atoms with Gasteiger partial charge in [0.2, 0.25) is 5.89 Å². The number of rotatable bonds is 3. The Bertz CT molecular complexity index is 380. The Morgan fingerprint density at radius 2 is 2.25 bits per heavy atom. The van der Waals surface area contributed by atoms with Gasteiger partial charge >= 0.3 is 0 Å². The topological polar surface area (TPSA) is 64.9 Å². The van der Waals surface area contributed by atoms with Crippen LogP contribution in [-0.2, 0) is 5.54 Å². The third-order valence-corrected chi connectivity index (χ3v) is 4.92. The van der Waals surface area contributed by atoms with E-state index >= 15 is 0 Å². The van der Waals surface area contributed by atoms with Gasteiger partial charge in [-0.3, -0.25) is 0 Å². The molecule has 2 N–H and O–H groups in total. The molecule has 88 valence electrons. The summed E-state index contributed by atoms with van der Waals surface area (Å²) in [7, 11) is 0. The average molecular weight is 239 g/mol. The zero-order chi connectivity index (χ0) is 11.2. The Hall–Kier alpha value is -0.550. The Balaban J connectivity index is 1.81. The Morgan fingerprint density at radius 3 is 2.88 bits per heavy atom. The van der Waals surface area contributed by atoms with E-state index < -0.39 is 5.54 Å². The van der Waals surface area contributed by atoms with E-state index in [0.29, 0.717) is 17.1 Å². The Labute approximate surface area is 99.4 Å². The molecule has 16 heavy (non-hydrogen) atoms. The molecule has 2 heterocycles. The highest BCUT2D eigenvalue weighted by molar-refractivity contribution is 7.99. The molecular weight excluding hydrogens is 222 g/mol. The highest BCUT2D eigenvalue weighted by Gasteiger charge is 2.44. The van der Waals surface area contributed by atoms with Gasteiger partial charge in [0.1, 0.15) is 0 Å². The number of aromatic nitrogens is 2. The highest BCUT2D eigenvalue weighted by atomic mass is 32.2. The quantitative estimate of drug-likeness (QED) is 0.876. The summed E-state index contributed by atoms with van der Waals surface area (Å²) in [6.45, 7) is 2.00. The second-order valence-corrected chi connectivity index (χ2v) is 6.33. The maximum absolute atomic E-state index is 6.25. The number of hydrogen-bond acceptors (Lipinski definition) is 5. The van der Waals surface area contributed by atoms with Crippen LogP contribution < -0.4 is 5.73 Å². The van der Waals surface area contributed by atoms with Gasteiger partial charge in [-0.25, -0.2) is 0 Å². The largest absolute Gasteiger partial charge is 0.337 e. The molecule has 1 aromatic heterocycles. The van der Waals surface area contributed by atoms with Crippen LogP contribution in [0.5, 0.6) is 0 Å². The molecule has 0 amide bonds. The van der Waals surface area contributed by atoms with E-state index in [1.807, 2.05) is 18.7 Å². The van der Waals surface area contributed by atoms with Gasteiger partial charge in [0, 0.05) is 0 Å². The van der Waals surface area contributed by atoms with Gasteiger partial charge in [-0.05, 0) is 44.3 Å². The molecular formula is C11H17N3OS. The summed E-state index contributed by atoms with van der Waals surface area (Å²) in [6, 6.07) is 0. The van der Waals surface area contributed by atoms with Crippen molar-refractivity contribution in [1.82, 2.24) is 10.1 Å². The number of thioether (sulfide) groups is 1. The minimum atomic E-state index is -0.422. The molecule has 1 saturated carbocycles. The van der Waals surface area contributed by atoms with Crippen molar-refractivity contribution in [2.24, 2.45) is 11.7 Å². The Kier molecular flexibility index (Phi) is 2.47. The van der Waals surface area contributed by atoms with Crippen LogP contribution in [0.4, 0.5) is 0 Å². The van der Waals surface area contributed by atoms with Crippen molar-refractivity contribution in [2.75, 3.05) is 5.75 Å². The molecule has 0 radical (unpaired) electrons. The zero-order valence-electron chi connectivity index (χ0n) is 9.48. The minimum absolute atomic E-state index is 0.422. The summed E-state index contributed by atoms with van der Waals surface area (Å²) in [5.74, 6) is 3.20. The normalized spacial score (nSPS) is 29.2. The molecule has 1 saturated heterocycles. The molecule has 2 aliphatic rings. The van der Waals surface area contributed by atoms with Crippen molar-refractivity contribution in [3.8, 4) is 0 Å². The van der Waals surface area contributed by atoms with E-state index in [9.17, 15) is 0 Å². The molecule has 3 rings (SSSR count). The fourth-order valence-corrected chi connectivity index (χ4v) is 3.42. The van der Waals surface area contributed by atoms with E-state index in [0.717, 1.165) is 12.2 Å². The molecule has 2 atom stereocenters. The summed E-state index contributed by atoms with van der Waals surface area (Å²) in [5.41, 5.74) is 5.83. The third kappa shape index (κ3) is 1.76. The summed E-state index contributed by atoms with van der Waals surface area (Å²) in [6.07, 6.45) is 4.78. The lowest BCUT2D eigenvalue weighted by atomic mass is 9.97. The van der Waals surface area contributed by atoms with Crippen LogP contribution in [0.3, 0.4) is 0 Å². The van der Waals surface area contributed by atoms with Crippen LogP contribution in [0.2, 0.25) is 0 Å². The second kappa shape index (κ2) is 3.74. The van der Waals surface area contributed by atoms with E-state index in [-0.39, 0.29) is 0 Å². The zero-order valence-corrected chi connectivity index (χ0v) is 10.3. The van der Waals surface area contributed by atoms with E-state index in [4.69, 9.17) is 10.3 Å². The monoisotopic (exact) mass is 239 g/mol. The fraction of sp³-hybridized carbons (Fsp3) is 0.818. The summed E-state index contributed by atoms with van der Waals surface area (Å²) < 4.78 is 5.34. The maximum atomic E-state index is 6.25. The molecule has 2 fully saturated rings. The van der Waals surface area contributed by atoms with Crippen LogP contribution in [-0.4, -0.2) is 15.9 Å². The Morgan fingerprint density at radius 1 is 1.44 bits per heavy atom. The SMILES string of the molecule is CC(N)(c1nc(C2CCCS2)no1)C1CC1. The van der Waals surface area contributed by atoms with Crippen LogP contribution in [0, 0.1) is 5.92 Å². The summed E-state index contributed by atoms with van der Waals surface area (Å²) in [4.78, 5) is 4.50. The second-order valence-electron chi connectivity index (χ2n) is 5.02. The predicted octanol–water partition coefficient (Wildman–Crippen LogP) is 2.22. The molecule has 4 nitrogen and oxygen atoms in total. The minimum Gasteiger partial charge on any atom is -0.337 e. The van der Waals surface area contributed by atoms with Crippen molar-refractivity contribution in [3.63, 3.8) is 0 Å². The maximum Gasteiger partial charge on any atom is 0.246 e. The lowest BCUT2D eigenvalue weighted by Gasteiger charge is -2.18. The van der Waals surface area contributed by atoms with Crippen molar-refractivity contribution in [2.45, 2.75) is 43.4 Å². The van der Waals surface area contributed by atoms with Crippen molar-refractivity contribution >= 4 is 11.8 Å².